The smallest absolute Gasteiger partial charge is 0.224 e. The lowest BCUT2D eigenvalue weighted by Crippen LogP contribution is -2.34. The van der Waals surface area contributed by atoms with Crippen LogP contribution in [0.1, 0.15) is 43.9 Å². The predicted molar refractivity (Wildman–Crippen MR) is 110 cm³/mol. The van der Waals surface area contributed by atoms with Crippen LogP contribution in [0.2, 0.25) is 0 Å². The van der Waals surface area contributed by atoms with Gasteiger partial charge in [-0.3, -0.25) is 4.79 Å². The molecule has 0 unspecified atom stereocenters. The van der Waals surface area contributed by atoms with Gasteiger partial charge in [0.05, 0.1) is 19.6 Å². The van der Waals surface area contributed by atoms with Gasteiger partial charge in [0, 0.05) is 18.8 Å². The zero-order valence-electron chi connectivity index (χ0n) is 16.6. The summed E-state index contributed by atoms with van der Waals surface area (Å²) in [6.07, 6.45) is 2.96. The second kappa shape index (κ2) is 8.94. The fourth-order valence-corrected chi connectivity index (χ4v) is 3.70. The number of amides is 1. The van der Waals surface area contributed by atoms with Crippen LogP contribution in [0.15, 0.2) is 48.5 Å². The highest BCUT2D eigenvalue weighted by Crippen LogP contribution is 2.24. The molecular weight excluding hydrogens is 336 g/mol. The highest BCUT2D eigenvalue weighted by atomic mass is 16.5. The van der Waals surface area contributed by atoms with Crippen LogP contribution in [-0.2, 0) is 11.2 Å². The van der Waals surface area contributed by atoms with Crippen LogP contribution < -0.4 is 15.0 Å². The van der Waals surface area contributed by atoms with E-state index in [4.69, 9.17) is 4.74 Å². The van der Waals surface area contributed by atoms with Gasteiger partial charge < -0.3 is 15.0 Å². The topological polar surface area (TPSA) is 41.6 Å². The van der Waals surface area contributed by atoms with Gasteiger partial charge in [0.15, 0.2) is 0 Å². The van der Waals surface area contributed by atoms with Crippen molar-refractivity contribution in [1.29, 1.82) is 0 Å². The van der Waals surface area contributed by atoms with Crippen molar-refractivity contribution in [3.05, 3.63) is 59.7 Å². The van der Waals surface area contributed by atoms with Crippen molar-refractivity contribution in [2.24, 2.45) is 5.92 Å². The van der Waals surface area contributed by atoms with Crippen molar-refractivity contribution in [3.63, 3.8) is 0 Å². The van der Waals surface area contributed by atoms with Gasteiger partial charge in [-0.05, 0) is 61.1 Å². The van der Waals surface area contributed by atoms with E-state index in [-0.39, 0.29) is 11.9 Å². The Kier molecular flexibility index (Phi) is 6.38. The molecule has 2 aromatic carbocycles. The molecule has 144 valence electrons. The number of carbonyl (C=O) groups is 1. The summed E-state index contributed by atoms with van der Waals surface area (Å²) in [7, 11) is 1.64. The van der Waals surface area contributed by atoms with Gasteiger partial charge in [-0.25, -0.2) is 0 Å². The number of methoxy groups -OCH3 is 1. The number of anilines is 1. The second-order valence-electron chi connectivity index (χ2n) is 7.60. The summed E-state index contributed by atoms with van der Waals surface area (Å²) in [5.74, 6) is 1.59. The van der Waals surface area contributed by atoms with Gasteiger partial charge in [-0.1, -0.05) is 31.2 Å². The van der Waals surface area contributed by atoms with E-state index in [9.17, 15) is 4.79 Å². The SMILES string of the molecule is COc1ccc(CC(=O)N[C@H](C)c2ccc(N3CCC[C@@H](C)C3)cc2)cc1. The summed E-state index contributed by atoms with van der Waals surface area (Å²) in [6.45, 7) is 6.62. The van der Waals surface area contributed by atoms with E-state index in [0.29, 0.717) is 6.42 Å². The molecule has 0 radical (unpaired) electrons. The highest BCUT2D eigenvalue weighted by molar-refractivity contribution is 5.79. The van der Waals surface area contributed by atoms with E-state index in [1.807, 2.05) is 31.2 Å². The normalized spacial score (nSPS) is 18.0. The predicted octanol–water partition coefficient (Wildman–Crippen LogP) is 4.35. The lowest BCUT2D eigenvalue weighted by molar-refractivity contribution is -0.121. The lowest BCUT2D eigenvalue weighted by atomic mass is 9.99. The summed E-state index contributed by atoms with van der Waals surface area (Å²) >= 11 is 0. The van der Waals surface area contributed by atoms with E-state index in [1.165, 1.54) is 18.5 Å². The molecule has 3 rings (SSSR count). The molecule has 1 amide bonds. The Hall–Kier alpha value is -2.49. The molecule has 4 heteroatoms. The largest absolute Gasteiger partial charge is 0.497 e. The molecule has 0 aromatic heterocycles. The number of rotatable bonds is 6. The minimum atomic E-state index is -0.00919. The number of piperidine rings is 1. The van der Waals surface area contributed by atoms with E-state index in [2.05, 4.69) is 41.4 Å². The maximum atomic E-state index is 12.4. The van der Waals surface area contributed by atoms with Crippen LogP contribution in [0.3, 0.4) is 0 Å². The van der Waals surface area contributed by atoms with E-state index in [1.54, 1.807) is 7.11 Å². The summed E-state index contributed by atoms with van der Waals surface area (Å²) in [6, 6.07) is 16.2. The van der Waals surface area contributed by atoms with Crippen LogP contribution in [0.25, 0.3) is 0 Å². The van der Waals surface area contributed by atoms with Crippen LogP contribution in [0.4, 0.5) is 5.69 Å². The molecule has 1 aliphatic heterocycles. The first-order valence-corrected chi connectivity index (χ1v) is 9.82. The van der Waals surface area contributed by atoms with Crippen molar-refractivity contribution in [3.8, 4) is 5.75 Å². The fourth-order valence-electron chi connectivity index (χ4n) is 3.70. The van der Waals surface area contributed by atoms with E-state index in [0.717, 1.165) is 35.9 Å². The number of benzene rings is 2. The number of hydrogen-bond acceptors (Lipinski definition) is 3. The third-order valence-electron chi connectivity index (χ3n) is 5.32. The van der Waals surface area contributed by atoms with Crippen LogP contribution in [-0.4, -0.2) is 26.1 Å². The third-order valence-corrected chi connectivity index (χ3v) is 5.32. The number of carbonyl (C=O) groups excluding carboxylic acids is 1. The van der Waals surface area contributed by atoms with Crippen LogP contribution >= 0.6 is 0 Å². The zero-order chi connectivity index (χ0) is 19.2. The highest BCUT2D eigenvalue weighted by Gasteiger charge is 2.17. The van der Waals surface area contributed by atoms with E-state index < -0.39 is 0 Å². The molecule has 1 N–H and O–H groups in total. The molecule has 0 spiro atoms. The summed E-state index contributed by atoms with van der Waals surface area (Å²) < 4.78 is 5.15. The van der Waals surface area contributed by atoms with Gasteiger partial charge in [-0.15, -0.1) is 0 Å². The molecular formula is C23H30N2O2. The van der Waals surface area contributed by atoms with E-state index >= 15 is 0 Å². The first-order valence-electron chi connectivity index (χ1n) is 9.82. The Balaban J connectivity index is 1.55. The third kappa shape index (κ3) is 5.25. The molecule has 0 bridgehead atoms. The molecule has 0 aliphatic carbocycles. The van der Waals surface area contributed by atoms with Crippen LogP contribution in [0.5, 0.6) is 5.75 Å². The quantitative estimate of drug-likeness (QED) is 0.826. The molecule has 2 aromatic rings. The van der Waals surface area contributed by atoms with Gasteiger partial charge in [0.1, 0.15) is 5.75 Å². The van der Waals surface area contributed by atoms with Crippen molar-refractivity contribution in [2.75, 3.05) is 25.1 Å². The molecule has 27 heavy (non-hydrogen) atoms. The van der Waals surface area contributed by atoms with Crippen molar-refractivity contribution in [1.82, 2.24) is 5.32 Å². The Labute approximate surface area is 162 Å². The minimum Gasteiger partial charge on any atom is -0.497 e. The summed E-state index contributed by atoms with van der Waals surface area (Å²) in [4.78, 5) is 14.8. The monoisotopic (exact) mass is 366 g/mol. The Morgan fingerprint density at radius 2 is 1.89 bits per heavy atom. The first kappa shape index (κ1) is 19.3. The lowest BCUT2D eigenvalue weighted by Gasteiger charge is -2.33. The number of nitrogens with one attached hydrogen (secondary N) is 1. The second-order valence-corrected chi connectivity index (χ2v) is 7.60. The Morgan fingerprint density at radius 3 is 2.52 bits per heavy atom. The molecule has 2 atom stereocenters. The maximum Gasteiger partial charge on any atom is 0.224 e. The molecule has 1 aliphatic rings. The minimum absolute atomic E-state index is 0.00919. The fraction of sp³-hybridized carbons (Fsp3) is 0.435. The van der Waals surface area contributed by atoms with Gasteiger partial charge in [0.25, 0.3) is 0 Å². The molecule has 0 saturated carbocycles. The number of ether oxygens (including phenoxy) is 1. The van der Waals surface area contributed by atoms with Crippen molar-refractivity contribution < 1.29 is 9.53 Å². The standard InChI is InChI=1S/C23H30N2O2/c1-17-5-4-14-25(16-17)21-10-8-20(9-11-21)18(2)24-23(26)15-19-6-12-22(27-3)13-7-19/h6-13,17-18H,4-5,14-16H2,1-3H3,(H,24,26)/t17-,18-/m1/s1. The average Bonchev–Trinajstić information content (AvgIpc) is 2.68. The van der Waals surface area contributed by atoms with Crippen LogP contribution in [0, 0.1) is 5.92 Å². The molecule has 1 heterocycles. The average molecular weight is 367 g/mol. The molecule has 1 fully saturated rings. The van der Waals surface area contributed by atoms with Gasteiger partial charge in [-0.2, -0.15) is 0 Å². The van der Waals surface area contributed by atoms with Gasteiger partial charge in [0.2, 0.25) is 5.91 Å². The zero-order valence-corrected chi connectivity index (χ0v) is 16.6. The Bertz CT molecular complexity index is 740. The summed E-state index contributed by atoms with van der Waals surface area (Å²) in [5, 5.41) is 3.10. The summed E-state index contributed by atoms with van der Waals surface area (Å²) in [5.41, 5.74) is 3.39. The first-order chi connectivity index (χ1) is 13.0. The van der Waals surface area contributed by atoms with Gasteiger partial charge >= 0.3 is 0 Å². The van der Waals surface area contributed by atoms with Crippen molar-refractivity contribution >= 4 is 11.6 Å². The van der Waals surface area contributed by atoms with Crippen molar-refractivity contribution in [2.45, 2.75) is 39.2 Å². The molecule has 4 nitrogen and oxygen atoms in total. The maximum absolute atomic E-state index is 12.4. The molecule has 1 saturated heterocycles. The number of hydrogen-bond donors (Lipinski definition) is 1. The Morgan fingerprint density at radius 1 is 1.19 bits per heavy atom. The number of nitrogens with zero attached hydrogens (tertiary/aromatic N) is 1.